The number of epoxide rings is 1. The number of aliphatic hydroxyl groups is 1. The third kappa shape index (κ3) is 3.65. The smallest absolute Gasteiger partial charge is 0.334 e. The van der Waals surface area contributed by atoms with Crippen LogP contribution in [-0.2, 0) is 14.3 Å². The van der Waals surface area contributed by atoms with E-state index in [1.807, 2.05) is 0 Å². The van der Waals surface area contributed by atoms with Crippen LogP contribution in [0.3, 0.4) is 0 Å². The molecule has 3 aliphatic rings. The van der Waals surface area contributed by atoms with Crippen molar-refractivity contribution in [1.82, 2.24) is 0 Å². The van der Waals surface area contributed by atoms with Crippen molar-refractivity contribution in [1.29, 1.82) is 0 Å². The number of hydrogen-bond acceptors (Lipinski definition) is 4. The van der Waals surface area contributed by atoms with E-state index in [2.05, 4.69) is 13.5 Å². The molecule has 0 aromatic heterocycles. The highest BCUT2D eigenvalue weighted by Gasteiger charge is 2.53. The summed E-state index contributed by atoms with van der Waals surface area (Å²) in [5, 5.41) is 9.82. The molecule has 0 spiro atoms. The van der Waals surface area contributed by atoms with Gasteiger partial charge in [-0.2, -0.15) is 0 Å². The fourth-order valence-electron chi connectivity index (χ4n) is 3.89. The van der Waals surface area contributed by atoms with Crippen molar-refractivity contribution in [2.24, 2.45) is 11.8 Å². The van der Waals surface area contributed by atoms with Gasteiger partial charge in [-0.1, -0.05) is 30.4 Å². The predicted octanol–water partition coefficient (Wildman–Crippen LogP) is 3.32. The average molecular weight is 332 g/mol. The first kappa shape index (κ1) is 17.4. The Morgan fingerprint density at radius 2 is 2.08 bits per heavy atom. The molecule has 1 aliphatic carbocycles. The van der Waals surface area contributed by atoms with Crippen molar-refractivity contribution in [3.05, 3.63) is 36.0 Å². The minimum Gasteiger partial charge on any atom is -0.462 e. The lowest BCUT2D eigenvalue weighted by molar-refractivity contribution is -0.144. The van der Waals surface area contributed by atoms with E-state index in [9.17, 15) is 9.90 Å². The van der Waals surface area contributed by atoms with E-state index in [0.717, 1.165) is 31.3 Å². The van der Waals surface area contributed by atoms with Gasteiger partial charge in [-0.3, -0.25) is 0 Å². The Labute approximate surface area is 144 Å². The molecule has 2 heterocycles. The van der Waals surface area contributed by atoms with E-state index in [1.54, 1.807) is 32.1 Å². The van der Waals surface area contributed by atoms with Gasteiger partial charge in [0.1, 0.15) is 0 Å². The Kier molecular flexibility index (Phi) is 4.47. The van der Waals surface area contributed by atoms with E-state index in [-0.39, 0.29) is 23.4 Å². The van der Waals surface area contributed by atoms with Gasteiger partial charge in [0.2, 0.25) is 0 Å². The summed E-state index contributed by atoms with van der Waals surface area (Å²) in [7, 11) is 0. The minimum atomic E-state index is -0.903. The molecule has 3 rings (SSSR count). The van der Waals surface area contributed by atoms with E-state index in [4.69, 9.17) is 9.47 Å². The molecule has 4 atom stereocenters. The number of cyclic esters (lactones) is 1. The van der Waals surface area contributed by atoms with E-state index < -0.39 is 5.60 Å². The molecular weight excluding hydrogens is 304 g/mol. The highest BCUT2D eigenvalue weighted by atomic mass is 16.6. The van der Waals surface area contributed by atoms with Crippen LogP contribution < -0.4 is 0 Å². The highest BCUT2D eigenvalue weighted by Crippen LogP contribution is 2.49. The number of fused-ring (bicyclic) bond motifs is 2. The van der Waals surface area contributed by atoms with Crippen LogP contribution in [-0.4, -0.2) is 35.0 Å². The molecule has 4 unspecified atom stereocenters. The number of carbonyl (C=O) groups is 1. The molecule has 3 fully saturated rings. The van der Waals surface area contributed by atoms with Crippen LogP contribution in [0.4, 0.5) is 0 Å². The van der Waals surface area contributed by atoms with Gasteiger partial charge in [-0.05, 0) is 46.5 Å². The number of rotatable bonds is 2. The summed E-state index contributed by atoms with van der Waals surface area (Å²) < 4.78 is 11.3. The molecule has 1 N–H and O–H groups in total. The van der Waals surface area contributed by atoms with Crippen molar-refractivity contribution < 1.29 is 19.4 Å². The first-order valence-corrected chi connectivity index (χ1v) is 8.84. The first-order valence-electron chi connectivity index (χ1n) is 8.84. The van der Waals surface area contributed by atoms with Crippen molar-refractivity contribution in [3.8, 4) is 0 Å². The van der Waals surface area contributed by atoms with Crippen LogP contribution in [0, 0.1) is 11.8 Å². The van der Waals surface area contributed by atoms with E-state index in [0.29, 0.717) is 18.3 Å². The van der Waals surface area contributed by atoms with Crippen molar-refractivity contribution in [2.45, 2.75) is 63.8 Å². The standard InChI is InChI=1S/C20H28O4/c1-13-7-8-17-20(4,24-17)11-9-14-15(6-5-10-19(2,3)22)18(21)23-12-16(13)14/h5-6,10,14,16-17,22H,1,7-9,11-12H2,2-4H3. The van der Waals surface area contributed by atoms with Gasteiger partial charge in [0.25, 0.3) is 0 Å². The summed E-state index contributed by atoms with van der Waals surface area (Å²) in [5.41, 5.74) is 0.907. The lowest BCUT2D eigenvalue weighted by atomic mass is 9.76. The van der Waals surface area contributed by atoms with Crippen molar-refractivity contribution in [2.75, 3.05) is 6.61 Å². The Hall–Kier alpha value is -1.39. The highest BCUT2D eigenvalue weighted by molar-refractivity contribution is 5.90. The predicted molar refractivity (Wildman–Crippen MR) is 92.3 cm³/mol. The topological polar surface area (TPSA) is 59.1 Å². The number of allylic oxidation sites excluding steroid dienone is 2. The molecule has 24 heavy (non-hydrogen) atoms. The van der Waals surface area contributed by atoms with Gasteiger partial charge in [0, 0.05) is 17.4 Å². The zero-order valence-corrected chi connectivity index (χ0v) is 14.9. The van der Waals surface area contributed by atoms with Gasteiger partial charge in [0.15, 0.2) is 0 Å². The SMILES string of the molecule is C=C1CCC2OC2(C)CCC2C(=CC=CC(C)(C)O)C(=O)OCC12. The largest absolute Gasteiger partial charge is 0.462 e. The van der Waals surface area contributed by atoms with Crippen LogP contribution in [0.15, 0.2) is 36.0 Å². The summed E-state index contributed by atoms with van der Waals surface area (Å²) in [4.78, 5) is 12.3. The quantitative estimate of drug-likeness (QED) is 0.365. The lowest BCUT2D eigenvalue weighted by Gasteiger charge is -2.34. The summed E-state index contributed by atoms with van der Waals surface area (Å²) in [6, 6.07) is 0. The van der Waals surface area contributed by atoms with Crippen LogP contribution in [0.1, 0.15) is 46.5 Å². The summed E-state index contributed by atoms with van der Waals surface area (Å²) in [5.74, 6) is 0.0534. The average Bonchev–Trinajstić information content (AvgIpc) is 3.13. The van der Waals surface area contributed by atoms with Crippen LogP contribution in [0.5, 0.6) is 0 Å². The van der Waals surface area contributed by atoms with Crippen LogP contribution >= 0.6 is 0 Å². The Morgan fingerprint density at radius 3 is 2.79 bits per heavy atom. The molecule has 132 valence electrons. The molecular formula is C20H28O4. The monoisotopic (exact) mass is 332 g/mol. The zero-order valence-electron chi connectivity index (χ0n) is 14.9. The second kappa shape index (κ2) is 6.16. The van der Waals surface area contributed by atoms with Crippen LogP contribution in [0.2, 0.25) is 0 Å². The van der Waals surface area contributed by atoms with Gasteiger partial charge < -0.3 is 14.6 Å². The molecule has 0 bridgehead atoms. The molecule has 4 nitrogen and oxygen atoms in total. The third-order valence-electron chi connectivity index (χ3n) is 5.53. The molecule has 1 saturated carbocycles. The van der Waals surface area contributed by atoms with Gasteiger partial charge in [0.05, 0.1) is 23.9 Å². The fourth-order valence-corrected chi connectivity index (χ4v) is 3.89. The zero-order chi connectivity index (χ0) is 17.5. The van der Waals surface area contributed by atoms with Gasteiger partial charge >= 0.3 is 5.97 Å². The molecule has 0 aromatic carbocycles. The molecule has 2 saturated heterocycles. The molecule has 4 heteroatoms. The minimum absolute atomic E-state index is 0.0371. The van der Waals surface area contributed by atoms with Crippen molar-refractivity contribution in [3.63, 3.8) is 0 Å². The number of carbonyl (C=O) groups excluding carboxylic acids is 1. The molecule has 0 amide bonds. The Morgan fingerprint density at radius 1 is 1.33 bits per heavy atom. The molecule has 0 radical (unpaired) electrons. The normalized spacial score (nSPS) is 38.8. The third-order valence-corrected chi connectivity index (χ3v) is 5.53. The van der Waals surface area contributed by atoms with Gasteiger partial charge in [-0.25, -0.2) is 4.79 Å². The maximum Gasteiger partial charge on any atom is 0.334 e. The molecule has 0 aromatic rings. The Bertz CT molecular complexity index is 595. The summed E-state index contributed by atoms with van der Waals surface area (Å²) >= 11 is 0. The number of ether oxygens (including phenoxy) is 2. The van der Waals surface area contributed by atoms with Gasteiger partial charge in [-0.15, -0.1) is 0 Å². The van der Waals surface area contributed by atoms with Crippen molar-refractivity contribution >= 4 is 5.97 Å². The van der Waals surface area contributed by atoms with Crippen LogP contribution in [0.25, 0.3) is 0 Å². The second-order valence-corrected chi connectivity index (χ2v) is 8.10. The maximum atomic E-state index is 12.3. The Balaban J connectivity index is 1.86. The summed E-state index contributed by atoms with van der Waals surface area (Å²) in [6.45, 7) is 10.3. The number of esters is 1. The first-order chi connectivity index (χ1) is 11.2. The maximum absolute atomic E-state index is 12.3. The number of hydrogen-bond donors (Lipinski definition) is 1. The second-order valence-electron chi connectivity index (χ2n) is 8.10. The van der Waals surface area contributed by atoms with E-state index >= 15 is 0 Å². The fraction of sp³-hybridized carbons (Fsp3) is 0.650. The summed E-state index contributed by atoms with van der Waals surface area (Å²) in [6.07, 6.45) is 9.34. The lowest BCUT2D eigenvalue weighted by Crippen LogP contribution is -2.34. The molecule has 2 aliphatic heterocycles. The van der Waals surface area contributed by atoms with E-state index in [1.165, 1.54) is 0 Å².